The van der Waals surface area contributed by atoms with E-state index in [1.807, 2.05) is 39.0 Å². The number of esters is 1. The maximum Gasteiger partial charge on any atom is 0.313 e. The second-order valence-electron chi connectivity index (χ2n) is 6.68. The highest BCUT2D eigenvalue weighted by Gasteiger charge is 2.75. The maximum absolute atomic E-state index is 12.7. The van der Waals surface area contributed by atoms with Gasteiger partial charge in [-0.05, 0) is 31.9 Å². The number of hydrogen-bond acceptors (Lipinski definition) is 4. The summed E-state index contributed by atoms with van der Waals surface area (Å²) in [6, 6.07) is 5.55. The predicted octanol–water partition coefficient (Wildman–Crippen LogP) is 1.82. The van der Waals surface area contributed by atoms with Gasteiger partial charge in [-0.1, -0.05) is 19.9 Å². The average Bonchev–Trinajstić information content (AvgIpc) is 2.76. The van der Waals surface area contributed by atoms with Gasteiger partial charge in [0.05, 0.1) is 17.7 Å². The summed E-state index contributed by atoms with van der Waals surface area (Å²) in [5.74, 6) is -0.473. The molecule has 1 N–H and O–H groups in total. The first-order chi connectivity index (χ1) is 9.83. The highest BCUT2D eigenvalue weighted by atomic mass is 16.6. The summed E-state index contributed by atoms with van der Waals surface area (Å²) < 4.78 is 5.55. The van der Waals surface area contributed by atoms with E-state index in [0.717, 1.165) is 5.69 Å². The quantitative estimate of drug-likeness (QED) is 0.861. The van der Waals surface area contributed by atoms with Crippen LogP contribution in [0.25, 0.3) is 0 Å². The van der Waals surface area contributed by atoms with Crippen LogP contribution in [0.1, 0.15) is 39.3 Å². The number of hydrogen-bond donors (Lipinski definition) is 1. The third kappa shape index (κ3) is 1.66. The lowest BCUT2D eigenvalue weighted by atomic mass is 9.66. The first kappa shape index (κ1) is 14.0. The minimum atomic E-state index is -1.05. The Morgan fingerprint density at radius 1 is 1.33 bits per heavy atom. The first-order valence-corrected chi connectivity index (χ1v) is 7.25. The summed E-state index contributed by atoms with van der Waals surface area (Å²) in [4.78, 5) is 29.0. The van der Waals surface area contributed by atoms with Crippen LogP contribution >= 0.6 is 0 Å². The molecule has 3 rings (SSSR count). The second-order valence-corrected chi connectivity index (χ2v) is 6.68. The van der Waals surface area contributed by atoms with Gasteiger partial charge < -0.3 is 10.1 Å². The van der Waals surface area contributed by atoms with E-state index in [0.29, 0.717) is 19.4 Å². The number of rotatable bonds is 3. The van der Waals surface area contributed by atoms with Crippen molar-refractivity contribution in [2.24, 2.45) is 10.8 Å². The number of nitrogens with one attached hydrogen (secondary N) is 1. The topological polar surface area (TPSA) is 68.3 Å². The van der Waals surface area contributed by atoms with Crippen molar-refractivity contribution >= 4 is 11.9 Å². The summed E-state index contributed by atoms with van der Waals surface area (Å²) in [6.07, 6.45) is 2.96. The Kier molecular flexibility index (Phi) is 2.87. The molecule has 1 saturated heterocycles. The van der Waals surface area contributed by atoms with E-state index >= 15 is 0 Å². The fraction of sp³-hybridized carbons (Fsp3) is 0.562. The molecule has 1 aromatic rings. The van der Waals surface area contributed by atoms with E-state index in [1.54, 1.807) is 6.20 Å². The number of pyridine rings is 1. The number of carbonyl (C=O) groups excluding carboxylic acids is 2. The van der Waals surface area contributed by atoms with Crippen LogP contribution in [0.2, 0.25) is 0 Å². The lowest BCUT2D eigenvalue weighted by molar-refractivity contribution is -0.168. The SMILES string of the molecule is CC1(C)[C@]2(C)CC[C@]1(C(=O)NCc1ccccn1)OC2=O. The highest BCUT2D eigenvalue weighted by molar-refractivity contribution is 5.96. The molecule has 1 amide bonds. The van der Waals surface area contributed by atoms with Crippen molar-refractivity contribution in [1.29, 1.82) is 0 Å². The van der Waals surface area contributed by atoms with Crippen molar-refractivity contribution in [1.82, 2.24) is 10.3 Å². The molecule has 1 saturated carbocycles. The molecule has 21 heavy (non-hydrogen) atoms. The average molecular weight is 288 g/mol. The zero-order chi connectivity index (χ0) is 15.3. The fourth-order valence-corrected chi connectivity index (χ4v) is 3.56. The second kappa shape index (κ2) is 4.29. The number of ether oxygens (including phenoxy) is 1. The summed E-state index contributed by atoms with van der Waals surface area (Å²) in [7, 11) is 0. The van der Waals surface area contributed by atoms with Crippen LogP contribution in [0.4, 0.5) is 0 Å². The Balaban J connectivity index is 1.80. The molecule has 2 fully saturated rings. The van der Waals surface area contributed by atoms with Crippen LogP contribution in [-0.4, -0.2) is 22.5 Å². The van der Waals surface area contributed by atoms with Gasteiger partial charge in [0.2, 0.25) is 0 Å². The normalized spacial score (nSPS) is 32.8. The molecule has 1 aliphatic heterocycles. The Hall–Kier alpha value is -1.91. The maximum atomic E-state index is 12.7. The minimum absolute atomic E-state index is 0.215. The van der Waals surface area contributed by atoms with Crippen molar-refractivity contribution in [3.05, 3.63) is 30.1 Å². The van der Waals surface area contributed by atoms with E-state index in [1.165, 1.54) is 0 Å². The molecule has 2 heterocycles. The van der Waals surface area contributed by atoms with Crippen LogP contribution in [0.5, 0.6) is 0 Å². The first-order valence-electron chi connectivity index (χ1n) is 7.25. The third-order valence-electron chi connectivity index (χ3n) is 5.61. The fourth-order valence-electron chi connectivity index (χ4n) is 3.56. The predicted molar refractivity (Wildman–Crippen MR) is 76.0 cm³/mol. The Morgan fingerprint density at radius 3 is 2.62 bits per heavy atom. The summed E-state index contributed by atoms with van der Waals surface area (Å²) in [6.45, 7) is 6.14. The molecule has 2 aliphatic rings. The standard InChI is InChI=1S/C16H20N2O3/c1-14(2)15(3)7-8-16(14,21-13(15)20)12(19)18-10-11-6-4-5-9-17-11/h4-6,9H,7-8,10H2,1-3H3,(H,18,19)/t15-,16-/m1/s1. The molecular weight excluding hydrogens is 268 g/mol. The van der Waals surface area contributed by atoms with Gasteiger partial charge in [0.1, 0.15) is 0 Å². The number of nitrogens with zero attached hydrogens (tertiary/aromatic N) is 1. The van der Waals surface area contributed by atoms with Crippen LogP contribution in [0, 0.1) is 10.8 Å². The molecule has 2 bridgehead atoms. The van der Waals surface area contributed by atoms with E-state index in [9.17, 15) is 9.59 Å². The molecule has 0 radical (unpaired) electrons. The van der Waals surface area contributed by atoms with Gasteiger partial charge in [-0.3, -0.25) is 14.6 Å². The molecule has 5 heteroatoms. The number of carbonyl (C=O) groups is 2. The van der Waals surface area contributed by atoms with Crippen LogP contribution in [-0.2, 0) is 20.9 Å². The minimum Gasteiger partial charge on any atom is -0.448 e. The van der Waals surface area contributed by atoms with E-state index in [-0.39, 0.29) is 11.9 Å². The highest BCUT2D eigenvalue weighted by Crippen LogP contribution is 2.65. The lowest BCUT2D eigenvalue weighted by Gasteiger charge is -2.35. The third-order valence-corrected chi connectivity index (χ3v) is 5.61. The van der Waals surface area contributed by atoms with Crippen molar-refractivity contribution < 1.29 is 14.3 Å². The summed E-state index contributed by atoms with van der Waals surface area (Å²) in [5.41, 5.74) is -1.35. The van der Waals surface area contributed by atoms with Crippen molar-refractivity contribution in [3.8, 4) is 0 Å². The number of amides is 1. The van der Waals surface area contributed by atoms with Gasteiger partial charge >= 0.3 is 5.97 Å². The Bertz CT molecular complexity index is 599. The molecule has 1 aromatic heterocycles. The van der Waals surface area contributed by atoms with Crippen molar-refractivity contribution in [2.45, 2.75) is 45.8 Å². The van der Waals surface area contributed by atoms with E-state index < -0.39 is 16.4 Å². The van der Waals surface area contributed by atoms with Gasteiger partial charge in [-0.25, -0.2) is 0 Å². The smallest absolute Gasteiger partial charge is 0.313 e. The van der Waals surface area contributed by atoms with Gasteiger partial charge in [0.25, 0.3) is 5.91 Å². The molecule has 2 atom stereocenters. The molecule has 112 valence electrons. The van der Waals surface area contributed by atoms with Crippen molar-refractivity contribution in [3.63, 3.8) is 0 Å². The lowest BCUT2D eigenvalue weighted by Crippen LogP contribution is -2.53. The van der Waals surface area contributed by atoms with Crippen LogP contribution in [0.15, 0.2) is 24.4 Å². The molecular formula is C16H20N2O3. The van der Waals surface area contributed by atoms with E-state index in [2.05, 4.69) is 10.3 Å². The zero-order valence-electron chi connectivity index (χ0n) is 12.6. The van der Waals surface area contributed by atoms with Crippen LogP contribution in [0.3, 0.4) is 0 Å². The zero-order valence-corrected chi connectivity index (χ0v) is 12.6. The van der Waals surface area contributed by atoms with Crippen LogP contribution < -0.4 is 5.32 Å². The molecule has 0 aromatic carbocycles. The number of aromatic nitrogens is 1. The Morgan fingerprint density at radius 2 is 2.10 bits per heavy atom. The summed E-state index contributed by atoms with van der Waals surface area (Å²) in [5, 5.41) is 2.87. The largest absolute Gasteiger partial charge is 0.448 e. The van der Waals surface area contributed by atoms with Gasteiger partial charge in [0, 0.05) is 11.6 Å². The summed E-state index contributed by atoms with van der Waals surface area (Å²) >= 11 is 0. The number of fused-ring (bicyclic) bond motifs is 2. The van der Waals surface area contributed by atoms with Gasteiger partial charge in [-0.15, -0.1) is 0 Å². The molecule has 5 nitrogen and oxygen atoms in total. The van der Waals surface area contributed by atoms with E-state index in [4.69, 9.17) is 4.74 Å². The Labute approximate surface area is 124 Å². The van der Waals surface area contributed by atoms with Gasteiger partial charge in [-0.2, -0.15) is 0 Å². The molecule has 0 spiro atoms. The molecule has 0 unspecified atom stereocenters. The monoisotopic (exact) mass is 288 g/mol. The molecule has 1 aliphatic carbocycles. The van der Waals surface area contributed by atoms with Crippen molar-refractivity contribution in [2.75, 3.05) is 0 Å². The van der Waals surface area contributed by atoms with Gasteiger partial charge in [0.15, 0.2) is 5.60 Å².